The number of halogens is 2. The molecule has 0 bridgehead atoms. The number of hydrogen-bond donors (Lipinski definition) is 1. The fraction of sp³-hybridized carbons (Fsp3) is 0.480. The maximum absolute atomic E-state index is 14.2. The lowest BCUT2D eigenvalue weighted by Crippen LogP contribution is -2.61. The van der Waals surface area contributed by atoms with Crippen molar-refractivity contribution in [2.75, 3.05) is 26.3 Å². The van der Waals surface area contributed by atoms with E-state index in [-0.39, 0.29) is 40.6 Å². The van der Waals surface area contributed by atoms with Crippen LogP contribution in [0.3, 0.4) is 0 Å². The van der Waals surface area contributed by atoms with Gasteiger partial charge < -0.3 is 19.3 Å². The first-order chi connectivity index (χ1) is 16.2. The minimum Gasteiger partial charge on any atom is -0.503 e. The molecule has 0 radical (unpaired) electrons. The number of aromatic hydroxyl groups is 1. The van der Waals surface area contributed by atoms with Crippen molar-refractivity contribution in [1.82, 2.24) is 9.47 Å². The molecule has 1 fully saturated rings. The first kappa shape index (κ1) is 24.4. The highest BCUT2D eigenvalue weighted by atomic mass is 35.5. The van der Waals surface area contributed by atoms with Gasteiger partial charge in [-0.05, 0) is 50.7 Å². The lowest BCUT2D eigenvalue weighted by Gasteiger charge is -2.54. The van der Waals surface area contributed by atoms with Crippen molar-refractivity contribution in [2.24, 2.45) is 5.92 Å². The van der Waals surface area contributed by atoms with Gasteiger partial charge in [-0.1, -0.05) is 23.7 Å². The molecule has 1 saturated carbocycles. The number of Topliss-reactive ketones (excluding diaryl/α,β-unsaturated/α-hetero) is 1. The summed E-state index contributed by atoms with van der Waals surface area (Å²) in [5.74, 6) is -1.99. The van der Waals surface area contributed by atoms with E-state index in [4.69, 9.17) is 16.3 Å². The summed E-state index contributed by atoms with van der Waals surface area (Å²) in [6.07, 6.45) is 2.73. The van der Waals surface area contributed by atoms with Crippen LogP contribution in [-0.2, 0) is 16.7 Å². The molecule has 2 heterocycles. The highest BCUT2D eigenvalue weighted by Gasteiger charge is 2.52. The van der Waals surface area contributed by atoms with Crippen molar-refractivity contribution in [2.45, 2.75) is 45.1 Å². The van der Waals surface area contributed by atoms with Crippen LogP contribution in [0.2, 0.25) is 5.02 Å². The Morgan fingerprint density at radius 3 is 2.71 bits per heavy atom. The number of ketones is 1. The lowest BCUT2D eigenvalue weighted by atomic mass is 9.66. The Bertz CT molecular complexity index is 1190. The van der Waals surface area contributed by atoms with Gasteiger partial charge in [-0.15, -0.1) is 0 Å². The molecule has 34 heavy (non-hydrogen) atoms. The molecule has 1 aliphatic heterocycles. The van der Waals surface area contributed by atoms with E-state index in [1.54, 1.807) is 15.5 Å². The largest absolute Gasteiger partial charge is 0.503 e. The van der Waals surface area contributed by atoms with E-state index in [1.807, 2.05) is 13.8 Å². The van der Waals surface area contributed by atoms with Gasteiger partial charge in [0, 0.05) is 38.9 Å². The van der Waals surface area contributed by atoms with E-state index in [1.165, 1.54) is 18.3 Å². The molecule has 9 heteroatoms. The Labute approximate surface area is 202 Å². The fourth-order valence-corrected chi connectivity index (χ4v) is 5.35. The molecule has 0 saturated heterocycles. The van der Waals surface area contributed by atoms with Gasteiger partial charge in [-0.3, -0.25) is 14.4 Å². The van der Waals surface area contributed by atoms with E-state index < -0.39 is 34.2 Å². The summed E-state index contributed by atoms with van der Waals surface area (Å²) in [5.41, 5.74) is -1.40. The molecule has 1 spiro atoms. The van der Waals surface area contributed by atoms with Gasteiger partial charge in [0.15, 0.2) is 17.2 Å². The Morgan fingerprint density at radius 1 is 1.29 bits per heavy atom. The predicted octanol–water partition coefficient (Wildman–Crippen LogP) is 3.78. The Morgan fingerprint density at radius 2 is 2.03 bits per heavy atom. The summed E-state index contributed by atoms with van der Waals surface area (Å²) in [5, 5.41) is 10.7. The number of amides is 1. The zero-order valence-electron chi connectivity index (χ0n) is 19.3. The zero-order chi connectivity index (χ0) is 24.6. The normalized spacial score (nSPS) is 21.5. The Hall–Kier alpha value is -2.71. The average molecular weight is 491 g/mol. The minimum atomic E-state index is -0.880. The van der Waals surface area contributed by atoms with E-state index in [0.29, 0.717) is 39.1 Å². The molecule has 0 unspecified atom stereocenters. The van der Waals surface area contributed by atoms with Crippen LogP contribution in [0.4, 0.5) is 4.39 Å². The fourth-order valence-electron chi connectivity index (χ4n) is 5.15. The second-order valence-corrected chi connectivity index (χ2v) is 9.46. The number of fused-ring (bicyclic) bond motifs is 2. The van der Waals surface area contributed by atoms with Gasteiger partial charge in [0.2, 0.25) is 5.43 Å². The third-order valence-corrected chi connectivity index (χ3v) is 7.19. The maximum atomic E-state index is 14.2. The van der Waals surface area contributed by atoms with Crippen molar-refractivity contribution in [3.8, 4) is 5.75 Å². The number of aryl methyl sites for hydroxylation is 1. The van der Waals surface area contributed by atoms with E-state index >= 15 is 0 Å². The summed E-state index contributed by atoms with van der Waals surface area (Å²) in [6.45, 7) is 5.85. The highest BCUT2D eigenvalue weighted by Crippen LogP contribution is 2.48. The van der Waals surface area contributed by atoms with Gasteiger partial charge in [0.25, 0.3) is 5.91 Å². The highest BCUT2D eigenvalue weighted by molar-refractivity contribution is 6.30. The third-order valence-electron chi connectivity index (χ3n) is 6.90. The van der Waals surface area contributed by atoms with E-state index in [9.17, 15) is 23.9 Å². The summed E-state index contributed by atoms with van der Waals surface area (Å²) in [7, 11) is 0. The number of ether oxygens (including phenoxy) is 1. The number of rotatable bonds is 8. The van der Waals surface area contributed by atoms with Crippen LogP contribution < -0.4 is 5.43 Å². The van der Waals surface area contributed by atoms with Gasteiger partial charge in [0.05, 0.1) is 16.1 Å². The standard InChI is InChI=1S/C25H28ClFN2O5/c1-3-28-14-25(10-15(11-25)13-34-4-2)29-12-17(22(31)23(32)21(29)24(28)33)19(30)9-8-16-6-5-7-18(26)20(16)27/h5-7,12,15,32H,3-4,8-11,13-14H2,1-2H3. The van der Waals surface area contributed by atoms with Crippen LogP contribution in [-0.4, -0.2) is 52.6 Å². The smallest absolute Gasteiger partial charge is 0.274 e. The molecule has 1 N–H and O–H groups in total. The second kappa shape index (κ2) is 9.50. The van der Waals surface area contributed by atoms with Crippen LogP contribution >= 0.6 is 11.6 Å². The Balaban J connectivity index is 1.67. The summed E-state index contributed by atoms with van der Waals surface area (Å²) in [6, 6.07) is 4.55. The number of nitrogens with zero attached hydrogens (tertiary/aromatic N) is 2. The van der Waals surface area contributed by atoms with Crippen LogP contribution in [0.5, 0.6) is 5.75 Å². The first-order valence-corrected chi connectivity index (χ1v) is 11.9. The monoisotopic (exact) mass is 490 g/mol. The van der Waals surface area contributed by atoms with Gasteiger partial charge in [-0.2, -0.15) is 0 Å². The quantitative estimate of drug-likeness (QED) is 0.569. The number of carbonyl (C=O) groups excluding carboxylic acids is 2. The molecule has 1 aromatic heterocycles. The van der Waals surface area contributed by atoms with Gasteiger partial charge in [0.1, 0.15) is 5.82 Å². The van der Waals surface area contributed by atoms with Crippen molar-refractivity contribution >= 4 is 23.3 Å². The SMILES string of the molecule is CCOCC1CC2(C1)CN(CC)C(=O)c1c(O)c(=O)c(C(=O)CCc3cccc(Cl)c3F)cn12. The maximum Gasteiger partial charge on any atom is 0.274 e. The lowest BCUT2D eigenvalue weighted by molar-refractivity contribution is -0.0295. The van der Waals surface area contributed by atoms with Crippen molar-refractivity contribution in [1.29, 1.82) is 0 Å². The Kier molecular flexibility index (Phi) is 6.82. The number of hydrogen-bond acceptors (Lipinski definition) is 5. The van der Waals surface area contributed by atoms with Crippen molar-refractivity contribution < 1.29 is 23.8 Å². The molecule has 4 rings (SSSR count). The molecule has 7 nitrogen and oxygen atoms in total. The molecular formula is C25H28ClFN2O5. The molecule has 182 valence electrons. The van der Waals surface area contributed by atoms with E-state index in [0.717, 1.165) is 0 Å². The van der Waals surface area contributed by atoms with Crippen LogP contribution in [0.25, 0.3) is 0 Å². The molecule has 2 aliphatic rings. The van der Waals surface area contributed by atoms with Gasteiger partial charge in [-0.25, -0.2) is 4.39 Å². The van der Waals surface area contributed by atoms with Crippen molar-refractivity contribution in [3.05, 3.63) is 62.3 Å². The zero-order valence-corrected chi connectivity index (χ0v) is 20.0. The van der Waals surface area contributed by atoms with Gasteiger partial charge >= 0.3 is 0 Å². The topological polar surface area (TPSA) is 88.8 Å². The molecule has 0 atom stereocenters. The molecule has 1 amide bonds. The number of pyridine rings is 1. The summed E-state index contributed by atoms with van der Waals surface area (Å²) >= 11 is 5.82. The molecule has 1 aliphatic carbocycles. The number of carbonyl (C=O) groups is 2. The molecular weight excluding hydrogens is 463 g/mol. The average Bonchev–Trinajstić information content (AvgIpc) is 2.80. The summed E-state index contributed by atoms with van der Waals surface area (Å²) < 4.78 is 21.4. The van der Waals surface area contributed by atoms with Crippen LogP contribution in [0.15, 0.2) is 29.2 Å². The predicted molar refractivity (Wildman–Crippen MR) is 125 cm³/mol. The minimum absolute atomic E-state index is 0.0380. The number of benzene rings is 1. The number of aromatic nitrogens is 1. The van der Waals surface area contributed by atoms with Crippen LogP contribution in [0.1, 0.15) is 59.5 Å². The third kappa shape index (κ3) is 4.14. The van der Waals surface area contributed by atoms with Crippen molar-refractivity contribution in [3.63, 3.8) is 0 Å². The molecule has 1 aromatic carbocycles. The van der Waals surface area contributed by atoms with Crippen LogP contribution in [0, 0.1) is 11.7 Å². The number of likely N-dealkylation sites (N-methyl/N-ethyl adjacent to an activating group) is 1. The first-order valence-electron chi connectivity index (χ1n) is 11.5. The molecule has 2 aromatic rings. The second-order valence-electron chi connectivity index (χ2n) is 9.05. The summed E-state index contributed by atoms with van der Waals surface area (Å²) in [4.78, 5) is 40.5. The van der Waals surface area contributed by atoms with E-state index in [2.05, 4.69) is 0 Å².